The molecule has 1 aliphatic carbocycles. The molecule has 16 heavy (non-hydrogen) atoms. The van der Waals surface area contributed by atoms with Crippen LogP contribution >= 0.6 is 11.6 Å². The lowest BCUT2D eigenvalue weighted by molar-refractivity contribution is 0.312. The van der Waals surface area contributed by atoms with Crippen molar-refractivity contribution in [2.45, 2.75) is 50.3 Å². The molecule has 0 aromatic heterocycles. The highest BCUT2D eigenvalue weighted by atomic mass is 35.5. The van der Waals surface area contributed by atoms with E-state index >= 15 is 0 Å². The summed E-state index contributed by atoms with van der Waals surface area (Å²) in [4.78, 5) is 0. The van der Waals surface area contributed by atoms with Crippen LogP contribution in [0.5, 0.6) is 0 Å². The van der Waals surface area contributed by atoms with Gasteiger partial charge in [-0.2, -0.15) is 0 Å². The topological polar surface area (TPSA) is 0 Å². The van der Waals surface area contributed by atoms with E-state index < -0.39 is 0 Å². The number of halogens is 1. The van der Waals surface area contributed by atoms with E-state index in [-0.39, 0.29) is 0 Å². The van der Waals surface area contributed by atoms with Gasteiger partial charge < -0.3 is 0 Å². The molecule has 1 aliphatic rings. The first-order chi connectivity index (χ1) is 7.81. The van der Waals surface area contributed by atoms with E-state index in [1.807, 2.05) is 0 Å². The zero-order chi connectivity index (χ0) is 11.4. The van der Waals surface area contributed by atoms with E-state index in [0.717, 1.165) is 18.3 Å². The van der Waals surface area contributed by atoms with Gasteiger partial charge in [-0.15, -0.1) is 11.6 Å². The molecule has 1 unspecified atom stereocenters. The minimum absolute atomic E-state index is 0.400. The fraction of sp³-hybridized carbons (Fsp3) is 0.600. The lowest BCUT2D eigenvalue weighted by Crippen LogP contribution is -2.20. The van der Waals surface area contributed by atoms with Gasteiger partial charge in [0.2, 0.25) is 0 Å². The van der Waals surface area contributed by atoms with Crippen LogP contribution in [0.15, 0.2) is 30.3 Å². The molecule has 0 N–H and O–H groups in total. The molecule has 1 saturated carbocycles. The first-order valence-electron chi connectivity index (χ1n) is 6.50. The number of alkyl halides is 1. The zero-order valence-electron chi connectivity index (χ0n) is 10.0. The lowest BCUT2D eigenvalue weighted by Gasteiger charge is -2.31. The van der Waals surface area contributed by atoms with Crippen molar-refractivity contribution in [3.8, 4) is 0 Å². The molecule has 0 nitrogen and oxygen atoms in total. The maximum atomic E-state index is 6.34. The summed E-state index contributed by atoms with van der Waals surface area (Å²) in [5, 5.41) is 0.400. The van der Waals surface area contributed by atoms with E-state index in [1.54, 1.807) is 0 Å². The summed E-state index contributed by atoms with van der Waals surface area (Å²) < 4.78 is 0. The Balaban J connectivity index is 1.91. The molecule has 1 heteroatoms. The van der Waals surface area contributed by atoms with E-state index in [0.29, 0.717) is 5.38 Å². The third-order valence-electron chi connectivity index (χ3n) is 3.94. The highest BCUT2D eigenvalue weighted by Gasteiger charge is 2.25. The van der Waals surface area contributed by atoms with Crippen LogP contribution in [0.1, 0.15) is 50.5 Å². The molecule has 0 bridgehead atoms. The normalized spacial score (nSPS) is 27.6. The Hall–Kier alpha value is -0.490. The highest BCUT2D eigenvalue weighted by molar-refractivity contribution is 6.20. The molecule has 0 spiro atoms. The maximum Gasteiger partial charge on any atom is 0.0361 e. The highest BCUT2D eigenvalue weighted by Crippen LogP contribution is 2.38. The van der Waals surface area contributed by atoms with E-state index in [9.17, 15) is 0 Å². The van der Waals surface area contributed by atoms with Gasteiger partial charge in [-0.05, 0) is 49.5 Å². The van der Waals surface area contributed by atoms with Crippen LogP contribution in [0, 0.1) is 5.92 Å². The van der Waals surface area contributed by atoms with Crippen LogP contribution in [0.3, 0.4) is 0 Å². The van der Waals surface area contributed by atoms with E-state index in [4.69, 9.17) is 11.6 Å². The van der Waals surface area contributed by atoms with Gasteiger partial charge in [-0.3, -0.25) is 0 Å². The fourth-order valence-electron chi connectivity index (χ4n) is 2.87. The summed E-state index contributed by atoms with van der Waals surface area (Å²) in [6, 6.07) is 10.9. The van der Waals surface area contributed by atoms with Crippen molar-refractivity contribution >= 4 is 11.6 Å². The molecule has 1 aromatic rings. The largest absolute Gasteiger partial charge is 0.123 e. The molecular formula is C15H21Cl. The number of hydrogen-bond donors (Lipinski definition) is 0. The molecule has 0 amide bonds. The van der Waals surface area contributed by atoms with Gasteiger partial charge >= 0.3 is 0 Å². The van der Waals surface area contributed by atoms with Crippen LogP contribution in [0.4, 0.5) is 0 Å². The summed E-state index contributed by atoms with van der Waals surface area (Å²) in [6.45, 7) is 2.20. The van der Waals surface area contributed by atoms with E-state index in [1.165, 1.54) is 31.2 Å². The maximum absolute atomic E-state index is 6.34. The predicted molar refractivity (Wildman–Crippen MR) is 71.1 cm³/mol. The third-order valence-corrected chi connectivity index (χ3v) is 4.61. The Labute approximate surface area is 104 Å². The Morgan fingerprint density at radius 2 is 1.75 bits per heavy atom. The molecule has 0 aliphatic heterocycles. The van der Waals surface area contributed by atoms with Crippen molar-refractivity contribution in [1.29, 1.82) is 0 Å². The van der Waals surface area contributed by atoms with Crippen LogP contribution in [-0.2, 0) is 0 Å². The smallest absolute Gasteiger partial charge is 0.0361 e. The zero-order valence-corrected chi connectivity index (χ0v) is 10.8. The quantitative estimate of drug-likeness (QED) is 0.650. The summed E-state index contributed by atoms with van der Waals surface area (Å²) in [5.74, 6) is 1.53. The van der Waals surface area contributed by atoms with Gasteiger partial charge in [-0.1, -0.05) is 37.3 Å². The second-order valence-corrected chi connectivity index (χ2v) is 5.51. The van der Waals surface area contributed by atoms with Crippen molar-refractivity contribution in [1.82, 2.24) is 0 Å². The molecule has 0 saturated heterocycles. The molecule has 1 fully saturated rings. The average Bonchev–Trinajstić information content (AvgIpc) is 2.39. The monoisotopic (exact) mass is 236 g/mol. The first-order valence-corrected chi connectivity index (χ1v) is 6.94. The summed E-state index contributed by atoms with van der Waals surface area (Å²) >= 11 is 6.34. The standard InChI is InChI=1S/C15H21Cl/c1-2-15(16)14-10-8-13(9-11-14)12-6-4-3-5-7-12/h3-7,13-15H,2,8-11H2,1H3. The molecule has 2 rings (SSSR count). The van der Waals surface area contributed by atoms with Crippen LogP contribution in [-0.4, -0.2) is 5.38 Å². The number of rotatable bonds is 3. The lowest BCUT2D eigenvalue weighted by atomic mass is 9.77. The van der Waals surface area contributed by atoms with Gasteiger partial charge in [0.05, 0.1) is 0 Å². The second-order valence-electron chi connectivity index (χ2n) is 4.95. The summed E-state index contributed by atoms with van der Waals surface area (Å²) in [6.07, 6.45) is 6.36. The second kappa shape index (κ2) is 5.72. The van der Waals surface area contributed by atoms with Crippen molar-refractivity contribution in [2.75, 3.05) is 0 Å². The van der Waals surface area contributed by atoms with Crippen LogP contribution < -0.4 is 0 Å². The fourth-order valence-corrected chi connectivity index (χ4v) is 3.12. The van der Waals surface area contributed by atoms with Crippen molar-refractivity contribution < 1.29 is 0 Å². The molecule has 1 atom stereocenters. The Bertz CT molecular complexity index is 298. The van der Waals surface area contributed by atoms with Gasteiger partial charge in [-0.25, -0.2) is 0 Å². The first kappa shape index (κ1) is 12.0. The summed E-state index contributed by atoms with van der Waals surface area (Å²) in [7, 11) is 0. The SMILES string of the molecule is CCC(Cl)C1CCC(c2ccccc2)CC1. The molecule has 0 radical (unpaired) electrons. The van der Waals surface area contributed by atoms with Crippen LogP contribution in [0.2, 0.25) is 0 Å². The van der Waals surface area contributed by atoms with Crippen molar-refractivity contribution in [3.05, 3.63) is 35.9 Å². The van der Waals surface area contributed by atoms with Crippen molar-refractivity contribution in [2.24, 2.45) is 5.92 Å². The van der Waals surface area contributed by atoms with Crippen LogP contribution in [0.25, 0.3) is 0 Å². The molecule has 1 aromatic carbocycles. The average molecular weight is 237 g/mol. The molecular weight excluding hydrogens is 216 g/mol. The molecule has 0 heterocycles. The number of benzene rings is 1. The summed E-state index contributed by atoms with van der Waals surface area (Å²) in [5.41, 5.74) is 1.52. The number of hydrogen-bond acceptors (Lipinski definition) is 0. The van der Waals surface area contributed by atoms with Gasteiger partial charge in [0.25, 0.3) is 0 Å². The minimum Gasteiger partial charge on any atom is -0.123 e. The van der Waals surface area contributed by atoms with E-state index in [2.05, 4.69) is 37.3 Å². The van der Waals surface area contributed by atoms with Gasteiger partial charge in [0.15, 0.2) is 0 Å². The van der Waals surface area contributed by atoms with Crippen molar-refractivity contribution in [3.63, 3.8) is 0 Å². The Morgan fingerprint density at radius 1 is 1.12 bits per heavy atom. The molecule has 88 valence electrons. The van der Waals surface area contributed by atoms with Gasteiger partial charge in [0, 0.05) is 5.38 Å². The Morgan fingerprint density at radius 3 is 2.31 bits per heavy atom. The predicted octanol–water partition coefficient (Wildman–Crippen LogP) is 4.98. The minimum atomic E-state index is 0.400. The third kappa shape index (κ3) is 2.79. The Kier molecular flexibility index (Phi) is 4.29. The van der Waals surface area contributed by atoms with Gasteiger partial charge in [0.1, 0.15) is 0 Å².